The van der Waals surface area contributed by atoms with E-state index in [1.807, 2.05) is 42.5 Å². The minimum absolute atomic E-state index is 0.170. The van der Waals surface area contributed by atoms with E-state index in [-0.39, 0.29) is 23.4 Å². The number of phenols is 1. The second kappa shape index (κ2) is 7.36. The average Bonchev–Trinajstić information content (AvgIpc) is 3.00. The van der Waals surface area contributed by atoms with Gasteiger partial charge in [-0.1, -0.05) is 37.3 Å². The highest BCUT2D eigenvalue weighted by molar-refractivity contribution is 5.84. The Labute approximate surface area is 176 Å². The molecule has 1 aliphatic carbocycles. The molecule has 0 bridgehead atoms. The standard InChI is InChI=1S/C24H26N2O4/c1-2-26-13-12-24-11-10-18(29-23(28)25-17-6-4-3-5-7-17)14-20(24)30-22-19(27)9-8-16(15-26)21(22)24/h3-11,18,20,27H,2,12-15H2,1H3,(H,25,28)/t18-,20-,24-/m0/s1. The molecule has 2 aliphatic heterocycles. The van der Waals surface area contributed by atoms with Crippen molar-refractivity contribution in [2.45, 2.75) is 43.9 Å². The van der Waals surface area contributed by atoms with Crippen molar-refractivity contribution in [1.82, 2.24) is 4.90 Å². The summed E-state index contributed by atoms with van der Waals surface area (Å²) < 4.78 is 11.9. The molecule has 2 aromatic rings. The summed E-state index contributed by atoms with van der Waals surface area (Å²) in [5.74, 6) is 0.773. The topological polar surface area (TPSA) is 71.0 Å². The van der Waals surface area contributed by atoms with Crippen LogP contribution in [0.1, 0.15) is 30.9 Å². The number of para-hydroxylation sites is 1. The number of aromatic hydroxyl groups is 1. The molecule has 0 aromatic heterocycles. The molecule has 0 unspecified atom stereocenters. The number of phenolic OH excluding ortho intramolecular Hbond substituents is 1. The fourth-order valence-electron chi connectivity index (χ4n) is 5.00. The number of amides is 1. The van der Waals surface area contributed by atoms with Crippen LogP contribution in [-0.4, -0.2) is 41.4 Å². The lowest BCUT2D eigenvalue weighted by Gasteiger charge is -2.36. The number of nitrogens with zero attached hydrogens (tertiary/aromatic N) is 1. The minimum atomic E-state index is -0.483. The van der Waals surface area contributed by atoms with Gasteiger partial charge in [-0.15, -0.1) is 0 Å². The number of nitrogens with one attached hydrogen (secondary N) is 1. The Morgan fingerprint density at radius 2 is 2.13 bits per heavy atom. The Hall–Kier alpha value is -2.99. The summed E-state index contributed by atoms with van der Waals surface area (Å²) in [4.78, 5) is 14.8. The lowest BCUT2D eigenvalue weighted by atomic mass is 9.69. The molecular weight excluding hydrogens is 380 g/mol. The van der Waals surface area contributed by atoms with Crippen LogP contribution in [0.15, 0.2) is 54.6 Å². The van der Waals surface area contributed by atoms with Crippen LogP contribution in [0, 0.1) is 0 Å². The summed E-state index contributed by atoms with van der Waals surface area (Å²) in [6.07, 6.45) is 4.56. The Balaban J connectivity index is 1.40. The molecule has 2 aromatic carbocycles. The molecule has 1 amide bonds. The van der Waals surface area contributed by atoms with Crippen molar-refractivity contribution in [2.24, 2.45) is 0 Å². The van der Waals surface area contributed by atoms with Crippen LogP contribution < -0.4 is 10.1 Å². The summed E-state index contributed by atoms with van der Waals surface area (Å²) in [6.45, 7) is 4.96. The maximum atomic E-state index is 12.3. The summed E-state index contributed by atoms with van der Waals surface area (Å²) in [5.41, 5.74) is 2.71. The van der Waals surface area contributed by atoms with Crippen molar-refractivity contribution in [3.05, 3.63) is 65.7 Å². The summed E-state index contributed by atoms with van der Waals surface area (Å²) in [6, 6.07) is 13.0. The van der Waals surface area contributed by atoms with E-state index in [9.17, 15) is 9.90 Å². The zero-order valence-corrected chi connectivity index (χ0v) is 17.0. The number of carbonyl (C=O) groups is 1. The number of hydrogen-bond acceptors (Lipinski definition) is 5. The highest BCUT2D eigenvalue weighted by Crippen LogP contribution is 2.55. The third-order valence-electron chi connectivity index (χ3n) is 6.54. The Kier molecular flexibility index (Phi) is 4.66. The highest BCUT2D eigenvalue weighted by atomic mass is 16.6. The molecule has 5 rings (SSSR count). The van der Waals surface area contributed by atoms with Crippen molar-refractivity contribution < 1.29 is 19.4 Å². The molecule has 6 nitrogen and oxygen atoms in total. The van der Waals surface area contributed by atoms with Gasteiger partial charge < -0.3 is 14.6 Å². The molecule has 0 saturated heterocycles. The lowest BCUT2D eigenvalue weighted by Crippen LogP contribution is -2.44. The Bertz CT molecular complexity index is 990. The predicted octanol–water partition coefficient (Wildman–Crippen LogP) is 4.19. The molecule has 2 N–H and O–H groups in total. The molecule has 2 heterocycles. The van der Waals surface area contributed by atoms with Crippen LogP contribution in [-0.2, 0) is 16.7 Å². The molecule has 156 valence electrons. The van der Waals surface area contributed by atoms with Crippen molar-refractivity contribution in [2.75, 3.05) is 18.4 Å². The van der Waals surface area contributed by atoms with Gasteiger partial charge in [-0.25, -0.2) is 4.79 Å². The summed E-state index contributed by atoms with van der Waals surface area (Å²) in [7, 11) is 0. The predicted molar refractivity (Wildman–Crippen MR) is 114 cm³/mol. The fraction of sp³-hybridized carbons (Fsp3) is 0.375. The molecule has 0 saturated carbocycles. The normalized spacial score (nSPS) is 26.8. The Morgan fingerprint density at radius 1 is 1.30 bits per heavy atom. The SMILES string of the molecule is CCN1CC[C@@]23C=C[C@H](OC(=O)Nc4ccccc4)C[C@@H]2Oc2c(O)ccc(c23)C1. The van der Waals surface area contributed by atoms with Crippen LogP contribution in [0.2, 0.25) is 0 Å². The van der Waals surface area contributed by atoms with Gasteiger partial charge in [0.15, 0.2) is 11.5 Å². The first kappa shape index (κ1) is 19.0. The van der Waals surface area contributed by atoms with E-state index in [1.54, 1.807) is 6.07 Å². The maximum absolute atomic E-state index is 12.3. The smallest absolute Gasteiger partial charge is 0.412 e. The molecule has 30 heavy (non-hydrogen) atoms. The second-order valence-corrected chi connectivity index (χ2v) is 8.24. The van der Waals surface area contributed by atoms with Gasteiger partial charge in [-0.2, -0.15) is 0 Å². The van der Waals surface area contributed by atoms with E-state index in [0.29, 0.717) is 17.9 Å². The van der Waals surface area contributed by atoms with Gasteiger partial charge in [0.05, 0.1) is 5.41 Å². The van der Waals surface area contributed by atoms with Gasteiger partial charge in [0.25, 0.3) is 0 Å². The fourth-order valence-corrected chi connectivity index (χ4v) is 5.00. The quantitative estimate of drug-likeness (QED) is 0.748. The largest absolute Gasteiger partial charge is 0.504 e. The molecule has 6 heteroatoms. The van der Waals surface area contributed by atoms with E-state index in [0.717, 1.165) is 31.6 Å². The van der Waals surface area contributed by atoms with Crippen molar-refractivity contribution in [3.63, 3.8) is 0 Å². The van der Waals surface area contributed by atoms with Crippen LogP contribution in [0.5, 0.6) is 11.5 Å². The molecule has 0 radical (unpaired) electrons. The third kappa shape index (κ3) is 3.12. The van der Waals surface area contributed by atoms with E-state index >= 15 is 0 Å². The van der Waals surface area contributed by atoms with Gasteiger partial charge in [0.2, 0.25) is 0 Å². The van der Waals surface area contributed by atoms with Gasteiger partial charge in [-0.3, -0.25) is 10.2 Å². The summed E-state index contributed by atoms with van der Waals surface area (Å²) in [5, 5.41) is 13.2. The Morgan fingerprint density at radius 3 is 2.93 bits per heavy atom. The second-order valence-electron chi connectivity index (χ2n) is 8.24. The number of ether oxygens (including phenoxy) is 2. The zero-order valence-electron chi connectivity index (χ0n) is 17.0. The number of anilines is 1. The van der Waals surface area contributed by atoms with Crippen LogP contribution in [0.4, 0.5) is 10.5 Å². The molecule has 0 fully saturated rings. The third-order valence-corrected chi connectivity index (χ3v) is 6.54. The first-order chi connectivity index (χ1) is 14.6. The molecule has 1 spiro atoms. The van der Waals surface area contributed by atoms with Crippen LogP contribution >= 0.6 is 0 Å². The van der Waals surface area contributed by atoms with Gasteiger partial charge >= 0.3 is 6.09 Å². The monoisotopic (exact) mass is 406 g/mol. The van der Waals surface area contributed by atoms with E-state index < -0.39 is 6.09 Å². The van der Waals surface area contributed by atoms with Crippen molar-refractivity contribution in [1.29, 1.82) is 0 Å². The van der Waals surface area contributed by atoms with Crippen molar-refractivity contribution >= 4 is 11.8 Å². The number of carbonyl (C=O) groups excluding carboxylic acids is 1. The van der Waals surface area contributed by atoms with E-state index in [2.05, 4.69) is 23.2 Å². The van der Waals surface area contributed by atoms with Crippen LogP contribution in [0.25, 0.3) is 0 Å². The first-order valence-corrected chi connectivity index (χ1v) is 10.6. The van der Waals surface area contributed by atoms with Crippen molar-refractivity contribution in [3.8, 4) is 11.5 Å². The molecule has 3 aliphatic rings. The number of hydrogen-bond donors (Lipinski definition) is 2. The van der Waals surface area contributed by atoms with Gasteiger partial charge in [0, 0.05) is 24.2 Å². The van der Waals surface area contributed by atoms with E-state index in [4.69, 9.17) is 9.47 Å². The first-order valence-electron chi connectivity index (χ1n) is 10.6. The van der Waals surface area contributed by atoms with Gasteiger partial charge in [-0.05, 0) is 49.3 Å². The number of rotatable bonds is 3. The lowest BCUT2D eigenvalue weighted by molar-refractivity contribution is 0.0662. The van der Waals surface area contributed by atoms with Crippen LogP contribution in [0.3, 0.4) is 0 Å². The number of benzene rings is 2. The average molecular weight is 406 g/mol. The molecule has 3 atom stereocenters. The minimum Gasteiger partial charge on any atom is -0.504 e. The summed E-state index contributed by atoms with van der Waals surface area (Å²) >= 11 is 0. The zero-order chi connectivity index (χ0) is 20.7. The van der Waals surface area contributed by atoms with Gasteiger partial charge in [0.1, 0.15) is 12.2 Å². The highest BCUT2D eigenvalue weighted by Gasteiger charge is 2.53. The molecular formula is C24H26N2O4. The maximum Gasteiger partial charge on any atom is 0.412 e. The van der Waals surface area contributed by atoms with E-state index in [1.165, 1.54) is 5.56 Å².